The van der Waals surface area contributed by atoms with E-state index in [1.165, 1.54) is 13.3 Å². The molecule has 0 radical (unpaired) electrons. The van der Waals surface area contributed by atoms with E-state index in [1.807, 2.05) is 42.5 Å². The van der Waals surface area contributed by atoms with E-state index >= 15 is 0 Å². The lowest BCUT2D eigenvalue weighted by Gasteiger charge is -2.09. The highest BCUT2D eigenvalue weighted by Gasteiger charge is 2.19. The number of aromatic nitrogens is 2. The number of nitrogens with one attached hydrogen (secondary N) is 1. The number of carboxylic acid groups (broad SMARTS) is 1. The van der Waals surface area contributed by atoms with Gasteiger partial charge in [-0.25, -0.2) is 9.78 Å². The number of aromatic amines is 1. The summed E-state index contributed by atoms with van der Waals surface area (Å²) in [6, 6.07) is 13.4. The third-order valence-electron chi connectivity index (χ3n) is 4.74. The molecule has 29 heavy (non-hydrogen) atoms. The van der Waals surface area contributed by atoms with Gasteiger partial charge >= 0.3 is 5.97 Å². The summed E-state index contributed by atoms with van der Waals surface area (Å²) in [5, 5.41) is 11.1. The number of nitrogens with zero attached hydrogens (tertiary/aromatic N) is 1. The number of pyridine rings is 1. The minimum Gasteiger partial charge on any atom is -0.497 e. The Bertz CT molecular complexity index is 1200. The first-order valence-corrected chi connectivity index (χ1v) is 9.02. The Morgan fingerprint density at radius 2 is 1.93 bits per heavy atom. The van der Waals surface area contributed by atoms with Crippen molar-refractivity contribution in [2.75, 3.05) is 14.2 Å². The van der Waals surface area contributed by atoms with Crippen molar-refractivity contribution in [1.82, 2.24) is 9.97 Å². The normalized spacial score (nSPS) is 11.1. The van der Waals surface area contributed by atoms with Gasteiger partial charge in [-0.15, -0.1) is 0 Å². The molecule has 7 nitrogen and oxygen atoms in total. The first kappa shape index (κ1) is 18.8. The zero-order valence-electron chi connectivity index (χ0n) is 16.1. The van der Waals surface area contributed by atoms with Gasteiger partial charge in [-0.2, -0.15) is 0 Å². The number of ether oxygens (including phenoxy) is 3. The molecule has 2 N–H and O–H groups in total. The number of benzene rings is 2. The quantitative estimate of drug-likeness (QED) is 0.491. The standard InChI is InChI=1S/C22H20N2O5/c1-27-12-17-20-16-9-15(29-11-13-4-3-5-14(8-13)28-2)6-7-18(16)24-19(20)10-23-21(17)22(25)26/h3-10,24H,11-12H2,1-2H3,(H,25,26). The molecule has 0 spiro atoms. The number of carboxylic acids is 1. The Labute approximate surface area is 166 Å². The van der Waals surface area contributed by atoms with Crippen molar-refractivity contribution in [3.05, 3.63) is 65.5 Å². The van der Waals surface area contributed by atoms with Crippen LogP contribution in [-0.2, 0) is 18.0 Å². The zero-order chi connectivity index (χ0) is 20.4. The maximum absolute atomic E-state index is 11.6. The van der Waals surface area contributed by atoms with E-state index in [1.54, 1.807) is 7.11 Å². The van der Waals surface area contributed by atoms with Crippen molar-refractivity contribution in [1.29, 1.82) is 0 Å². The second-order valence-corrected chi connectivity index (χ2v) is 6.58. The Hall–Kier alpha value is -3.58. The van der Waals surface area contributed by atoms with Crippen LogP contribution < -0.4 is 9.47 Å². The molecule has 0 atom stereocenters. The molecule has 0 saturated carbocycles. The van der Waals surface area contributed by atoms with Crippen LogP contribution in [0.5, 0.6) is 11.5 Å². The van der Waals surface area contributed by atoms with Crippen molar-refractivity contribution in [3.8, 4) is 11.5 Å². The van der Waals surface area contributed by atoms with Crippen LogP contribution >= 0.6 is 0 Å². The topological polar surface area (TPSA) is 93.7 Å². The number of H-pyrrole nitrogens is 1. The first-order chi connectivity index (χ1) is 14.1. The number of hydrogen-bond acceptors (Lipinski definition) is 5. The first-order valence-electron chi connectivity index (χ1n) is 9.02. The molecule has 2 heterocycles. The minimum absolute atomic E-state index is 0.0112. The van der Waals surface area contributed by atoms with E-state index in [-0.39, 0.29) is 12.3 Å². The summed E-state index contributed by atoms with van der Waals surface area (Å²) in [4.78, 5) is 19.0. The second kappa shape index (κ2) is 7.81. The predicted molar refractivity (Wildman–Crippen MR) is 109 cm³/mol. The minimum atomic E-state index is -1.08. The second-order valence-electron chi connectivity index (χ2n) is 6.58. The lowest BCUT2D eigenvalue weighted by Crippen LogP contribution is -2.07. The molecule has 0 fully saturated rings. The molecule has 4 aromatic rings. The molecular formula is C22H20N2O5. The monoisotopic (exact) mass is 392 g/mol. The van der Waals surface area contributed by atoms with Gasteiger partial charge in [-0.05, 0) is 35.9 Å². The van der Waals surface area contributed by atoms with Gasteiger partial charge in [-0.3, -0.25) is 0 Å². The molecule has 0 unspecified atom stereocenters. The maximum atomic E-state index is 11.6. The summed E-state index contributed by atoms with van der Waals surface area (Å²) < 4.78 is 16.4. The summed E-state index contributed by atoms with van der Waals surface area (Å²) in [6.07, 6.45) is 1.54. The Morgan fingerprint density at radius 3 is 2.69 bits per heavy atom. The van der Waals surface area contributed by atoms with Crippen LogP contribution in [-0.4, -0.2) is 35.3 Å². The van der Waals surface area contributed by atoms with Crippen LogP contribution in [0.4, 0.5) is 0 Å². The summed E-state index contributed by atoms with van der Waals surface area (Å²) in [5.74, 6) is 0.369. The Balaban J connectivity index is 1.74. The van der Waals surface area contributed by atoms with E-state index < -0.39 is 5.97 Å². The average Bonchev–Trinajstić information content (AvgIpc) is 3.11. The van der Waals surface area contributed by atoms with Gasteiger partial charge in [0.15, 0.2) is 5.69 Å². The lowest BCUT2D eigenvalue weighted by molar-refractivity contribution is 0.0685. The Morgan fingerprint density at radius 1 is 1.07 bits per heavy atom. The van der Waals surface area contributed by atoms with Crippen LogP contribution in [0.3, 0.4) is 0 Å². The Kier molecular flexibility index (Phi) is 5.05. The van der Waals surface area contributed by atoms with Crippen LogP contribution in [0.1, 0.15) is 21.6 Å². The van der Waals surface area contributed by atoms with Crippen molar-refractivity contribution in [2.45, 2.75) is 13.2 Å². The van der Waals surface area contributed by atoms with E-state index in [9.17, 15) is 9.90 Å². The molecular weight excluding hydrogens is 372 g/mol. The molecule has 148 valence electrons. The molecule has 0 aliphatic carbocycles. The molecule has 2 aromatic carbocycles. The molecule has 2 aromatic heterocycles. The third-order valence-corrected chi connectivity index (χ3v) is 4.74. The van der Waals surface area contributed by atoms with Gasteiger partial charge in [0, 0.05) is 29.0 Å². The number of methoxy groups -OCH3 is 2. The number of hydrogen-bond donors (Lipinski definition) is 2. The van der Waals surface area contributed by atoms with Gasteiger partial charge in [0.2, 0.25) is 0 Å². The van der Waals surface area contributed by atoms with Gasteiger partial charge < -0.3 is 24.3 Å². The molecule has 0 amide bonds. The van der Waals surface area contributed by atoms with E-state index in [0.29, 0.717) is 17.9 Å². The highest BCUT2D eigenvalue weighted by Crippen LogP contribution is 2.32. The molecule has 0 bridgehead atoms. The fraction of sp³-hybridized carbons (Fsp3) is 0.182. The number of carbonyl (C=O) groups is 1. The number of fused-ring (bicyclic) bond motifs is 3. The third kappa shape index (κ3) is 3.60. The molecule has 4 rings (SSSR count). The lowest BCUT2D eigenvalue weighted by atomic mass is 10.1. The molecule has 0 aliphatic rings. The molecule has 0 aliphatic heterocycles. The highest BCUT2D eigenvalue weighted by atomic mass is 16.5. The van der Waals surface area contributed by atoms with Crippen LogP contribution in [0.25, 0.3) is 21.8 Å². The van der Waals surface area contributed by atoms with E-state index in [0.717, 1.165) is 33.1 Å². The van der Waals surface area contributed by atoms with E-state index in [4.69, 9.17) is 14.2 Å². The molecule has 0 saturated heterocycles. The maximum Gasteiger partial charge on any atom is 0.354 e. The largest absolute Gasteiger partial charge is 0.497 e. The fourth-order valence-corrected chi connectivity index (χ4v) is 3.43. The number of aromatic carboxylic acids is 1. The highest BCUT2D eigenvalue weighted by molar-refractivity contribution is 6.11. The molecule has 7 heteroatoms. The zero-order valence-corrected chi connectivity index (χ0v) is 16.1. The van der Waals surface area contributed by atoms with Gasteiger partial charge in [-0.1, -0.05) is 12.1 Å². The van der Waals surface area contributed by atoms with Gasteiger partial charge in [0.1, 0.15) is 18.1 Å². The average molecular weight is 392 g/mol. The summed E-state index contributed by atoms with van der Waals surface area (Å²) in [6.45, 7) is 0.533. The van der Waals surface area contributed by atoms with E-state index in [2.05, 4.69) is 9.97 Å². The van der Waals surface area contributed by atoms with Gasteiger partial charge in [0.05, 0.1) is 25.4 Å². The van der Waals surface area contributed by atoms with Crippen LogP contribution in [0.2, 0.25) is 0 Å². The van der Waals surface area contributed by atoms with Crippen LogP contribution in [0.15, 0.2) is 48.7 Å². The fourth-order valence-electron chi connectivity index (χ4n) is 3.43. The SMILES string of the molecule is COCc1c(C(=O)O)ncc2[nH]c3ccc(OCc4cccc(OC)c4)cc3c12. The van der Waals surface area contributed by atoms with Gasteiger partial charge in [0.25, 0.3) is 0 Å². The summed E-state index contributed by atoms with van der Waals surface area (Å²) >= 11 is 0. The van der Waals surface area contributed by atoms with Crippen molar-refractivity contribution in [3.63, 3.8) is 0 Å². The van der Waals surface area contributed by atoms with Crippen LogP contribution in [0, 0.1) is 0 Å². The predicted octanol–water partition coefficient (Wildman–Crippen LogP) is 4.15. The summed E-state index contributed by atoms with van der Waals surface area (Å²) in [7, 11) is 3.16. The van der Waals surface area contributed by atoms with Crippen molar-refractivity contribution in [2.24, 2.45) is 0 Å². The smallest absolute Gasteiger partial charge is 0.354 e. The summed E-state index contributed by atoms with van der Waals surface area (Å²) in [5.41, 5.74) is 3.13. The number of rotatable bonds is 7. The van der Waals surface area contributed by atoms with Crippen molar-refractivity contribution >= 4 is 27.8 Å². The van der Waals surface area contributed by atoms with Crippen molar-refractivity contribution < 1.29 is 24.1 Å².